The fraction of sp³-hybridized carbons (Fsp3) is 0.772. The number of nitrogens with zero attached hydrogens (tertiary/aromatic N) is 1. The molecule has 3 aliphatic rings. The van der Waals surface area contributed by atoms with Crippen molar-refractivity contribution in [3.8, 4) is 0 Å². The van der Waals surface area contributed by atoms with E-state index < -0.39 is 0 Å². The lowest BCUT2D eigenvalue weighted by Gasteiger charge is -2.36. The molecule has 2 saturated carbocycles. The van der Waals surface area contributed by atoms with Crippen LogP contribution >= 0.6 is 0 Å². The number of carbonyl (C=O) groups is 1. The molecule has 2 aliphatic carbocycles. The van der Waals surface area contributed by atoms with Crippen LogP contribution in [0.25, 0.3) is 0 Å². The van der Waals surface area contributed by atoms with Crippen molar-refractivity contribution in [2.75, 3.05) is 33.7 Å². The van der Waals surface area contributed by atoms with Gasteiger partial charge in [-0.25, -0.2) is 0 Å². The quantitative estimate of drug-likeness (QED) is 0.0917. The maximum Gasteiger partial charge on any atom is 0.225 e. The minimum absolute atomic E-state index is 0.0180. The lowest BCUT2D eigenvalue weighted by Crippen LogP contribution is -2.48. The summed E-state index contributed by atoms with van der Waals surface area (Å²) in [5.41, 5.74) is 2.55. The number of likely N-dealkylation sites (tertiary alicyclic amines) is 1. The molecule has 380 valence electrons. The predicted molar refractivity (Wildman–Crippen MR) is 297 cm³/mol. The second-order valence-electron chi connectivity index (χ2n) is 16.4. The van der Waals surface area contributed by atoms with Crippen LogP contribution in [-0.4, -0.2) is 62.7 Å². The first-order chi connectivity index (χ1) is 30.1. The zero-order valence-corrected chi connectivity index (χ0v) is 47.4. The van der Waals surface area contributed by atoms with Crippen molar-refractivity contribution in [1.29, 1.82) is 0 Å². The van der Waals surface area contributed by atoms with E-state index in [2.05, 4.69) is 134 Å². The molecule has 1 saturated heterocycles. The van der Waals surface area contributed by atoms with Crippen molar-refractivity contribution in [2.24, 2.45) is 35.0 Å². The number of nitrogens with one attached hydrogen (secondary N) is 4. The smallest absolute Gasteiger partial charge is 0.225 e. The molecule has 1 aliphatic heterocycles. The average Bonchev–Trinajstić information content (AvgIpc) is 4.24. The van der Waals surface area contributed by atoms with Gasteiger partial charge in [-0.15, -0.1) is 32.9 Å². The molecule has 3 fully saturated rings. The molecule has 0 aromatic rings. The van der Waals surface area contributed by atoms with Crippen LogP contribution in [0.1, 0.15) is 203 Å². The minimum atomic E-state index is -0.0641. The molecule has 6 atom stereocenters. The minimum Gasteiger partial charge on any atom is -0.370 e. The van der Waals surface area contributed by atoms with Gasteiger partial charge in [0.2, 0.25) is 5.91 Å². The first kappa shape index (κ1) is 77.6. The standard InChI is InChI=1S/C31H54N4O.C8H16.C2H7N.6C2H6.2C2H4/c1-9-28-27-16-25(27)20-35(28)30(36)17-29(31(6,7)8)34-23(5)33-26(15-21(2)3)12-10-11-22(4)18-32-19-24-13-14-24;1-5-6-8(4)7(2)3;1-3-2;8*1-2/h9,21,24-29,32-34H,1,4-5,10-20H2,2-3,6-8H3;8H,2,5-6H2,1,3-4H3;3H,1-2H3;6*1-2H3;2*1-2H2/t25-,26+,27-,28?,29?;;;;;;;;;;/m0........../s1. The molecule has 1 amide bonds. The van der Waals surface area contributed by atoms with Gasteiger partial charge in [-0.2, -0.15) is 0 Å². The van der Waals surface area contributed by atoms with Crippen molar-refractivity contribution in [3.63, 3.8) is 0 Å². The molecular weight excluding hydrogens is 771 g/mol. The largest absolute Gasteiger partial charge is 0.370 e. The van der Waals surface area contributed by atoms with Crippen molar-refractivity contribution >= 4 is 5.91 Å². The van der Waals surface area contributed by atoms with Crippen molar-refractivity contribution < 1.29 is 4.79 Å². The molecule has 0 radical (unpaired) electrons. The van der Waals surface area contributed by atoms with Crippen LogP contribution < -0.4 is 21.3 Å². The number of allylic oxidation sites excluding steroid dienone is 1. The number of hydrogen-bond acceptors (Lipinski definition) is 5. The monoisotopic (exact) mass is 892 g/mol. The molecule has 6 nitrogen and oxygen atoms in total. The van der Waals surface area contributed by atoms with Gasteiger partial charge in [0.15, 0.2) is 0 Å². The van der Waals surface area contributed by atoms with E-state index in [0.717, 1.165) is 63.0 Å². The Morgan fingerprint density at radius 3 is 1.65 bits per heavy atom. The molecular formula is C57H121N5O. The third kappa shape index (κ3) is 45.8. The van der Waals surface area contributed by atoms with Gasteiger partial charge in [0, 0.05) is 31.6 Å². The third-order valence-corrected chi connectivity index (χ3v) is 9.83. The number of rotatable bonds is 20. The summed E-state index contributed by atoms with van der Waals surface area (Å²) in [4.78, 5) is 15.3. The molecule has 63 heavy (non-hydrogen) atoms. The summed E-state index contributed by atoms with van der Waals surface area (Å²) in [6, 6.07) is 0.604. The van der Waals surface area contributed by atoms with Crippen molar-refractivity contribution in [2.45, 2.75) is 221 Å². The van der Waals surface area contributed by atoms with E-state index in [1.54, 1.807) is 0 Å². The van der Waals surface area contributed by atoms with Gasteiger partial charge in [-0.3, -0.25) is 4.79 Å². The number of fused-ring (bicyclic) bond motifs is 1. The SMILES string of the molecule is C=C.C=C.C=C(C)C(C)CCC.C=CC1[C@H]2C[C@H]2CN1C(=O)CC(NC(=C)N[C@H](CCCC(=C)CNCC1CC1)CC(C)C)C(C)(C)C.CC.CC.CC.CC.CC.CC.CNC. The van der Waals surface area contributed by atoms with E-state index in [0.29, 0.717) is 30.2 Å². The Hall–Kier alpha value is -2.57. The molecule has 0 spiro atoms. The predicted octanol–water partition coefficient (Wildman–Crippen LogP) is 16.2. The van der Waals surface area contributed by atoms with E-state index in [1.165, 1.54) is 43.3 Å². The molecule has 0 aromatic heterocycles. The Balaban J connectivity index is -0.000000156. The summed E-state index contributed by atoms with van der Waals surface area (Å²) in [6.07, 6.45) is 13.4. The Labute approximate surface area is 400 Å². The van der Waals surface area contributed by atoms with Crippen LogP contribution in [0.5, 0.6) is 0 Å². The first-order valence-corrected chi connectivity index (χ1v) is 25.8. The van der Waals surface area contributed by atoms with Crippen molar-refractivity contribution in [1.82, 2.24) is 26.2 Å². The van der Waals surface area contributed by atoms with Gasteiger partial charge in [0.1, 0.15) is 0 Å². The van der Waals surface area contributed by atoms with Gasteiger partial charge < -0.3 is 26.2 Å². The molecule has 3 rings (SSSR count). The maximum absolute atomic E-state index is 13.3. The lowest BCUT2D eigenvalue weighted by atomic mass is 9.84. The van der Waals surface area contributed by atoms with Gasteiger partial charge in [0.05, 0.1) is 11.9 Å². The third-order valence-electron chi connectivity index (χ3n) is 9.83. The molecule has 1 heterocycles. The van der Waals surface area contributed by atoms with Crippen LogP contribution in [0.2, 0.25) is 0 Å². The highest BCUT2D eigenvalue weighted by Gasteiger charge is 2.52. The Bertz CT molecular complexity index is 993. The average molecular weight is 893 g/mol. The summed E-state index contributed by atoms with van der Waals surface area (Å²) in [7, 11) is 3.75. The van der Waals surface area contributed by atoms with E-state index in [-0.39, 0.29) is 23.4 Å². The van der Waals surface area contributed by atoms with Gasteiger partial charge in [-0.1, -0.05) is 175 Å². The van der Waals surface area contributed by atoms with Crippen LogP contribution in [0.3, 0.4) is 0 Å². The highest BCUT2D eigenvalue weighted by Crippen LogP contribution is 2.50. The second-order valence-corrected chi connectivity index (χ2v) is 16.4. The number of amides is 1. The van der Waals surface area contributed by atoms with E-state index in [1.807, 2.05) is 103 Å². The summed E-state index contributed by atoms with van der Waals surface area (Å²) in [5, 5.41) is 13.6. The Kier molecular flexibility index (Phi) is 68.5. The van der Waals surface area contributed by atoms with Gasteiger partial charge in [0.25, 0.3) is 0 Å². The van der Waals surface area contributed by atoms with Crippen LogP contribution in [0.15, 0.2) is 75.7 Å². The van der Waals surface area contributed by atoms with Crippen LogP contribution in [0.4, 0.5) is 0 Å². The molecule has 0 bridgehead atoms. The first-order valence-electron chi connectivity index (χ1n) is 25.8. The second kappa shape index (κ2) is 55.6. The normalized spacial score (nSPS) is 16.8. The van der Waals surface area contributed by atoms with E-state index >= 15 is 0 Å². The zero-order valence-electron chi connectivity index (χ0n) is 47.4. The number of piperidine rings is 1. The van der Waals surface area contributed by atoms with E-state index in [4.69, 9.17) is 0 Å². The summed E-state index contributed by atoms with van der Waals surface area (Å²) >= 11 is 0. The van der Waals surface area contributed by atoms with Gasteiger partial charge in [-0.05, 0) is 114 Å². The van der Waals surface area contributed by atoms with E-state index in [9.17, 15) is 4.79 Å². The highest BCUT2D eigenvalue weighted by molar-refractivity contribution is 5.78. The Morgan fingerprint density at radius 2 is 1.29 bits per heavy atom. The molecule has 4 N–H and O–H groups in total. The highest BCUT2D eigenvalue weighted by atomic mass is 16.2. The summed E-state index contributed by atoms with van der Waals surface area (Å²) in [6.45, 7) is 73.2. The van der Waals surface area contributed by atoms with Gasteiger partial charge >= 0.3 is 0 Å². The number of hydrogen-bond donors (Lipinski definition) is 4. The summed E-state index contributed by atoms with van der Waals surface area (Å²) in [5.74, 6) is 4.65. The van der Waals surface area contributed by atoms with Crippen molar-refractivity contribution in [3.05, 3.63) is 75.7 Å². The zero-order chi connectivity index (χ0) is 51.7. The fourth-order valence-electron chi connectivity index (χ4n) is 6.40. The molecule has 6 heteroatoms. The fourth-order valence-corrected chi connectivity index (χ4v) is 6.40. The lowest BCUT2D eigenvalue weighted by molar-refractivity contribution is -0.133. The summed E-state index contributed by atoms with van der Waals surface area (Å²) < 4.78 is 0. The topological polar surface area (TPSA) is 68.4 Å². The molecule has 0 aromatic carbocycles. The molecule has 3 unspecified atom stereocenters. The number of carbonyl (C=O) groups excluding carboxylic acids is 1. The van der Waals surface area contributed by atoms with Crippen LogP contribution in [0, 0.1) is 35.0 Å². The van der Waals surface area contributed by atoms with Crippen LogP contribution in [-0.2, 0) is 4.79 Å². The maximum atomic E-state index is 13.3. The Morgan fingerprint density at radius 1 is 0.810 bits per heavy atom.